The summed E-state index contributed by atoms with van der Waals surface area (Å²) < 4.78 is 88.4. The fourth-order valence-corrected chi connectivity index (χ4v) is 8.47. The van der Waals surface area contributed by atoms with E-state index in [1.54, 1.807) is 60.7 Å². The second-order valence-corrected chi connectivity index (χ2v) is 15.7. The van der Waals surface area contributed by atoms with Crippen LogP contribution in [0, 0.1) is 0 Å². The van der Waals surface area contributed by atoms with E-state index >= 15 is 0 Å². The molecule has 0 saturated heterocycles. The number of alkyl halides is 8. The quantitative estimate of drug-likeness (QED) is 0.0700. The van der Waals surface area contributed by atoms with Crippen LogP contribution in [0.3, 0.4) is 0 Å². The van der Waals surface area contributed by atoms with E-state index in [-0.39, 0.29) is 35.2 Å². The van der Waals surface area contributed by atoms with Crippen molar-refractivity contribution < 1.29 is 60.1 Å². The number of primary amides is 1. The number of nitrogens with zero attached hydrogens (tertiary/aromatic N) is 2. The molecule has 344 valence electrons. The Balaban J connectivity index is 0.000000196. The summed E-state index contributed by atoms with van der Waals surface area (Å²) >= 11 is 12.0. The van der Waals surface area contributed by atoms with Gasteiger partial charge in [0.1, 0.15) is 22.9 Å². The van der Waals surface area contributed by atoms with E-state index in [4.69, 9.17) is 28.9 Å². The Morgan fingerprint density at radius 2 is 1.02 bits per heavy atom. The van der Waals surface area contributed by atoms with Crippen molar-refractivity contribution in [3.05, 3.63) is 132 Å². The molecule has 3 amide bonds. The van der Waals surface area contributed by atoms with Crippen molar-refractivity contribution in [2.45, 2.75) is 37.7 Å². The Morgan fingerprint density at radius 3 is 1.36 bits per heavy atom. The maximum absolute atomic E-state index is 12.8. The number of aromatic carboxylic acids is 1. The summed E-state index contributed by atoms with van der Waals surface area (Å²) in [4.78, 5) is 48.1. The van der Waals surface area contributed by atoms with E-state index in [0.29, 0.717) is 99.4 Å². The lowest BCUT2D eigenvalue weighted by atomic mass is 9.99. The molecule has 0 fully saturated rings. The number of fused-ring (bicyclic) bond motifs is 2. The fourth-order valence-electron chi connectivity index (χ4n) is 7.97. The van der Waals surface area contributed by atoms with Gasteiger partial charge in [0.15, 0.2) is 0 Å². The van der Waals surface area contributed by atoms with Gasteiger partial charge in [0, 0.05) is 41.5 Å². The maximum Gasteiger partial charge on any atom is 0.573 e. The van der Waals surface area contributed by atoms with E-state index in [1.165, 1.54) is 48.5 Å². The van der Waals surface area contributed by atoms with Gasteiger partial charge in [-0.3, -0.25) is 14.4 Å². The Hall–Kier alpha value is -6.92. The minimum absolute atomic E-state index is 0.0846. The highest BCUT2D eigenvalue weighted by atomic mass is 35.5. The van der Waals surface area contributed by atoms with E-state index < -0.39 is 30.4 Å². The first kappa shape index (κ1) is 47.1. The van der Waals surface area contributed by atoms with Gasteiger partial charge in [-0.05, 0) is 95.8 Å². The van der Waals surface area contributed by atoms with Gasteiger partial charge in [0.05, 0.1) is 29.0 Å². The van der Waals surface area contributed by atoms with E-state index in [9.17, 15) is 50.6 Å². The van der Waals surface area contributed by atoms with Gasteiger partial charge < -0.3 is 40.1 Å². The molecule has 0 spiro atoms. The van der Waals surface area contributed by atoms with Gasteiger partial charge in [-0.25, -0.2) is 4.79 Å². The zero-order chi connectivity index (χ0) is 47.5. The summed E-state index contributed by atoms with van der Waals surface area (Å²) in [5, 5.41) is 14.9. The predicted octanol–water partition coefficient (Wildman–Crippen LogP) is 10.1. The molecule has 4 aromatic carbocycles. The Kier molecular flexibility index (Phi) is 13.7. The standard InChI is InChI=1S/C23H19ClF3N3O3.C23H18ClF3N2O4/c24-9-8-16-12-29-22(32)19-11-18(15-2-1-3-17(10-15)33-23(25,26)27)20(30(16)19)13-4-6-14(7-5-13)21(28)31;24-9-8-16-12-28-21(30)19-11-18(15-2-1-3-17(10-15)33-23(25,26)27)20(29(16)19)13-4-6-14(7-5-13)22(31)32/h1-7,10-11,16H,8-9,12H2,(H2,28,31)(H,29,32);1-7,10-11,16H,8-9,12H2,(H,28,30)(H,31,32). The number of benzene rings is 4. The summed E-state index contributed by atoms with van der Waals surface area (Å²) in [6, 6.07) is 26.5. The molecule has 2 aromatic heterocycles. The van der Waals surface area contributed by atoms with Gasteiger partial charge in [-0.15, -0.1) is 49.5 Å². The van der Waals surface area contributed by atoms with Crippen molar-refractivity contribution in [3.63, 3.8) is 0 Å². The van der Waals surface area contributed by atoms with Crippen LogP contribution in [0.15, 0.2) is 109 Å². The molecule has 5 N–H and O–H groups in total. The number of carbonyl (C=O) groups excluding carboxylic acids is 3. The normalized spacial score (nSPS) is 15.6. The van der Waals surface area contributed by atoms with Crippen molar-refractivity contribution in [2.75, 3.05) is 24.8 Å². The highest BCUT2D eigenvalue weighted by molar-refractivity contribution is 6.18. The average Bonchev–Trinajstić information content (AvgIpc) is 3.87. The fraction of sp³-hybridized carbons (Fsp3) is 0.217. The number of hydrogen-bond donors (Lipinski definition) is 4. The molecule has 2 atom stereocenters. The lowest BCUT2D eigenvalue weighted by molar-refractivity contribution is -0.275. The number of aromatic nitrogens is 2. The molecular weight excluding hydrogens is 919 g/mol. The average molecular weight is 957 g/mol. The molecule has 4 heterocycles. The molecule has 0 radical (unpaired) electrons. The molecule has 2 aliphatic rings. The number of nitrogens with one attached hydrogen (secondary N) is 2. The summed E-state index contributed by atoms with van der Waals surface area (Å²) in [5.74, 6) is -2.38. The molecule has 20 heteroatoms. The van der Waals surface area contributed by atoms with Gasteiger partial charge in [0.2, 0.25) is 5.91 Å². The van der Waals surface area contributed by atoms with Crippen molar-refractivity contribution in [1.29, 1.82) is 0 Å². The minimum atomic E-state index is -4.85. The Morgan fingerprint density at radius 1 is 0.621 bits per heavy atom. The zero-order valence-electron chi connectivity index (χ0n) is 34.2. The molecule has 0 aliphatic carbocycles. The highest BCUT2D eigenvalue weighted by Crippen LogP contribution is 2.43. The van der Waals surface area contributed by atoms with E-state index in [0.717, 1.165) is 0 Å². The number of hydrogen-bond acceptors (Lipinski definition) is 6. The first-order valence-corrected chi connectivity index (χ1v) is 21.1. The number of halogens is 8. The maximum atomic E-state index is 12.8. The van der Waals surface area contributed by atoms with Gasteiger partial charge >= 0.3 is 18.7 Å². The van der Waals surface area contributed by atoms with Gasteiger partial charge in [-0.2, -0.15) is 0 Å². The Labute approximate surface area is 381 Å². The molecule has 0 saturated carbocycles. The van der Waals surface area contributed by atoms with Crippen LogP contribution in [0.25, 0.3) is 44.8 Å². The zero-order valence-corrected chi connectivity index (χ0v) is 35.7. The smallest absolute Gasteiger partial charge is 0.478 e. The number of carboxylic acid groups (broad SMARTS) is 1. The van der Waals surface area contributed by atoms with Crippen molar-refractivity contribution in [2.24, 2.45) is 5.73 Å². The SMILES string of the molecule is NC(=O)c1ccc(-c2c(-c3cccc(OC(F)(F)F)c3)cc3n2C(CCCl)CNC3=O)cc1.O=C(O)c1ccc(-c2c(-c3cccc(OC(F)(F)F)c3)cc3n2C(CCCl)CNC3=O)cc1. The van der Waals surface area contributed by atoms with E-state index in [2.05, 4.69) is 20.1 Å². The highest BCUT2D eigenvalue weighted by Gasteiger charge is 2.35. The van der Waals surface area contributed by atoms with Crippen molar-refractivity contribution in [3.8, 4) is 56.3 Å². The first-order chi connectivity index (χ1) is 31.3. The summed E-state index contributed by atoms with van der Waals surface area (Å²) in [7, 11) is 0. The number of carboxylic acids is 1. The van der Waals surface area contributed by atoms with Crippen LogP contribution < -0.4 is 25.8 Å². The van der Waals surface area contributed by atoms with Crippen LogP contribution in [-0.2, 0) is 0 Å². The van der Waals surface area contributed by atoms with Crippen molar-refractivity contribution in [1.82, 2.24) is 19.8 Å². The van der Waals surface area contributed by atoms with Crippen LogP contribution in [0.4, 0.5) is 26.3 Å². The van der Waals surface area contributed by atoms with Gasteiger partial charge in [-0.1, -0.05) is 48.5 Å². The number of ether oxygens (including phenoxy) is 2. The topological polar surface area (TPSA) is 167 Å². The van der Waals surface area contributed by atoms with Crippen LogP contribution in [0.1, 0.15) is 66.6 Å². The lowest BCUT2D eigenvalue weighted by Gasteiger charge is -2.28. The van der Waals surface area contributed by atoms with Gasteiger partial charge in [0.25, 0.3) is 11.8 Å². The molecular formula is C46H37Cl2F6N5O7. The third kappa shape index (κ3) is 10.4. The largest absolute Gasteiger partial charge is 0.573 e. The Bertz CT molecular complexity index is 2600. The third-order valence-corrected chi connectivity index (χ3v) is 11.2. The summed E-state index contributed by atoms with van der Waals surface area (Å²) in [5.41, 5.74) is 10.8. The number of rotatable bonds is 12. The lowest BCUT2D eigenvalue weighted by Crippen LogP contribution is -2.39. The molecule has 2 unspecified atom stereocenters. The first-order valence-electron chi connectivity index (χ1n) is 20.0. The monoisotopic (exact) mass is 955 g/mol. The molecule has 8 rings (SSSR count). The molecule has 6 aromatic rings. The van der Waals surface area contributed by atoms with E-state index in [1.807, 2.05) is 9.13 Å². The van der Waals surface area contributed by atoms with Crippen molar-refractivity contribution >= 4 is 46.9 Å². The molecule has 12 nitrogen and oxygen atoms in total. The molecule has 66 heavy (non-hydrogen) atoms. The van der Waals surface area contributed by atoms with Crippen LogP contribution >= 0.6 is 23.2 Å². The minimum Gasteiger partial charge on any atom is -0.478 e. The van der Waals surface area contributed by atoms with Crippen LogP contribution in [0.5, 0.6) is 11.5 Å². The number of amides is 3. The predicted molar refractivity (Wildman–Crippen MR) is 233 cm³/mol. The van der Waals surface area contributed by atoms with Crippen LogP contribution in [-0.4, -0.2) is 75.5 Å². The summed E-state index contributed by atoms with van der Waals surface area (Å²) in [6.45, 7) is 0.695. The number of carbonyl (C=O) groups is 4. The second-order valence-electron chi connectivity index (χ2n) is 15.0. The van der Waals surface area contributed by atoms with Crippen LogP contribution in [0.2, 0.25) is 0 Å². The molecule has 0 bridgehead atoms. The molecule has 2 aliphatic heterocycles. The number of nitrogens with two attached hydrogens (primary N) is 1. The third-order valence-electron chi connectivity index (χ3n) is 10.8. The summed E-state index contributed by atoms with van der Waals surface area (Å²) in [6.07, 6.45) is -8.58. The second kappa shape index (κ2) is 19.3.